The molecule has 0 unspecified atom stereocenters. The van der Waals surface area contributed by atoms with Crippen LogP contribution in [0, 0.1) is 0 Å². The summed E-state index contributed by atoms with van der Waals surface area (Å²) in [5.74, 6) is 1.08. The van der Waals surface area contributed by atoms with Gasteiger partial charge in [-0.15, -0.1) is 0 Å². The van der Waals surface area contributed by atoms with Crippen LogP contribution in [0.25, 0.3) is 0 Å². The van der Waals surface area contributed by atoms with Crippen molar-refractivity contribution in [3.8, 4) is 5.75 Å². The van der Waals surface area contributed by atoms with Gasteiger partial charge in [0.15, 0.2) is 0 Å². The van der Waals surface area contributed by atoms with Crippen molar-refractivity contribution >= 4 is 27.3 Å². The maximum atomic E-state index is 11.1. The van der Waals surface area contributed by atoms with Gasteiger partial charge in [0, 0.05) is 6.07 Å². The molecule has 6 nitrogen and oxygen atoms in total. The van der Waals surface area contributed by atoms with Gasteiger partial charge in [-0.3, -0.25) is 0 Å². The highest BCUT2D eigenvalue weighted by Gasteiger charge is 2.13. The van der Waals surface area contributed by atoms with Crippen LogP contribution in [0.3, 0.4) is 0 Å². The number of nitrogens with two attached hydrogens (primary N) is 1. The first-order valence-electron chi connectivity index (χ1n) is 5.59. The van der Waals surface area contributed by atoms with Crippen molar-refractivity contribution in [2.24, 2.45) is 5.14 Å². The van der Waals surface area contributed by atoms with E-state index in [2.05, 4.69) is 5.32 Å². The molecule has 0 bridgehead atoms. The minimum absolute atomic E-state index is 0.266. The number of primary sulfonamides is 1. The lowest BCUT2D eigenvalue weighted by atomic mass is 10.3. The van der Waals surface area contributed by atoms with Crippen LogP contribution < -0.4 is 15.2 Å². The Labute approximate surface area is 121 Å². The van der Waals surface area contributed by atoms with Crippen LogP contribution in [0.1, 0.15) is 5.76 Å². The molecule has 1 aromatic carbocycles. The summed E-state index contributed by atoms with van der Waals surface area (Å²) in [5.41, 5.74) is 0.652. The van der Waals surface area contributed by atoms with E-state index in [9.17, 15) is 8.42 Å². The molecule has 0 aliphatic rings. The second kappa shape index (κ2) is 5.74. The van der Waals surface area contributed by atoms with Crippen molar-refractivity contribution in [1.29, 1.82) is 0 Å². The average Bonchev–Trinajstić information content (AvgIpc) is 2.86. The van der Waals surface area contributed by atoms with Gasteiger partial charge in [0.2, 0.25) is 5.09 Å². The van der Waals surface area contributed by atoms with Crippen LogP contribution in [0.5, 0.6) is 5.75 Å². The lowest BCUT2D eigenvalue weighted by molar-refractivity contribution is 0.414. The van der Waals surface area contributed by atoms with E-state index in [0.29, 0.717) is 22.2 Å². The minimum Gasteiger partial charge on any atom is -0.497 e. The summed E-state index contributed by atoms with van der Waals surface area (Å²) in [6.07, 6.45) is 0. The summed E-state index contributed by atoms with van der Waals surface area (Å²) in [4.78, 5) is 0. The molecule has 0 radical (unpaired) electrons. The van der Waals surface area contributed by atoms with Gasteiger partial charge in [0.1, 0.15) is 11.5 Å². The monoisotopic (exact) mass is 316 g/mol. The fraction of sp³-hybridized carbons (Fsp3) is 0.167. The maximum Gasteiger partial charge on any atom is 0.271 e. The second-order valence-electron chi connectivity index (χ2n) is 3.97. The van der Waals surface area contributed by atoms with Gasteiger partial charge in [-0.05, 0) is 24.3 Å². The van der Waals surface area contributed by atoms with Crippen LogP contribution in [0.4, 0.5) is 5.69 Å². The molecule has 0 amide bonds. The highest BCUT2D eigenvalue weighted by molar-refractivity contribution is 7.89. The van der Waals surface area contributed by atoms with Crippen molar-refractivity contribution in [2.75, 3.05) is 12.4 Å². The molecule has 1 aromatic heterocycles. The molecular weight excluding hydrogens is 304 g/mol. The quantitative estimate of drug-likeness (QED) is 0.881. The highest BCUT2D eigenvalue weighted by atomic mass is 35.5. The highest BCUT2D eigenvalue weighted by Crippen LogP contribution is 2.27. The Kier molecular flexibility index (Phi) is 4.22. The molecule has 0 saturated carbocycles. The first-order chi connectivity index (χ1) is 9.40. The summed E-state index contributed by atoms with van der Waals surface area (Å²) in [7, 11) is -2.27. The normalized spacial score (nSPS) is 11.3. The number of hydrogen-bond donors (Lipinski definition) is 2. The number of methoxy groups -OCH3 is 1. The first-order valence-corrected chi connectivity index (χ1v) is 7.51. The standard InChI is InChI=1S/C12H13ClN2O4S/c1-18-8-2-4-10(13)11(6-8)15-7-9-3-5-12(19-9)20(14,16)17/h2-6,15H,7H2,1H3,(H2,14,16,17). The van der Waals surface area contributed by atoms with E-state index in [1.54, 1.807) is 25.3 Å². The van der Waals surface area contributed by atoms with Crippen LogP contribution in [-0.2, 0) is 16.6 Å². The van der Waals surface area contributed by atoms with E-state index in [1.807, 2.05) is 0 Å². The Morgan fingerprint density at radius 3 is 2.70 bits per heavy atom. The Morgan fingerprint density at radius 2 is 2.10 bits per heavy atom. The summed E-state index contributed by atoms with van der Waals surface area (Å²) in [6, 6.07) is 7.99. The predicted octanol–water partition coefficient (Wildman–Crippen LogP) is 2.20. The third-order valence-corrected chi connectivity index (χ3v) is 3.65. The number of sulfonamides is 1. The molecular formula is C12H13ClN2O4S. The average molecular weight is 317 g/mol. The molecule has 20 heavy (non-hydrogen) atoms. The largest absolute Gasteiger partial charge is 0.497 e. The van der Waals surface area contributed by atoms with Gasteiger partial charge in [-0.1, -0.05) is 11.6 Å². The van der Waals surface area contributed by atoms with E-state index in [-0.39, 0.29) is 11.6 Å². The molecule has 1 heterocycles. The van der Waals surface area contributed by atoms with E-state index in [0.717, 1.165) is 0 Å². The van der Waals surface area contributed by atoms with Gasteiger partial charge in [0.05, 0.1) is 24.4 Å². The Hall–Kier alpha value is -1.70. The van der Waals surface area contributed by atoms with Crippen molar-refractivity contribution in [1.82, 2.24) is 0 Å². The van der Waals surface area contributed by atoms with Gasteiger partial charge in [0.25, 0.3) is 10.0 Å². The number of furan rings is 1. The minimum atomic E-state index is -3.82. The molecule has 8 heteroatoms. The number of halogens is 1. The van der Waals surface area contributed by atoms with Gasteiger partial charge in [-0.2, -0.15) is 0 Å². The van der Waals surface area contributed by atoms with Crippen molar-refractivity contribution in [3.63, 3.8) is 0 Å². The Balaban J connectivity index is 2.11. The number of ether oxygens (including phenoxy) is 1. The van der Waals surface area contributed by atoms with E-state index in [1.165, 1.54) is 12.1 Å². The maximum absolute atomic E-state index is 11.1. The van der Waals surface area contributed by atoms with Crippen LogP contribution >= 0.6 is 11.6 Å². The molecule has 2 aromatic rings. The smallest absolute Gasteiger partial charge is 0.271 e. The molecule has 2 rings (SSSR count). The number of rotatable bonds is 5. The zero-order valence-electron chi connectivity index (χ0n) is 10.6. The van der Waals surface area contributed by atoms with Crippen molar-refractivity contribution in [2.45, 2.75) is 11.6 Å². The molecule has 0 fully saturated rings. The zero-order valence-corrected chi connectivity index (χ0v) is 12.2. The van der Waals surface area contributed by atoms with Crippen molar-refractivity contribution in [3.05, 3.63) is 41.1 Å². The lowest BCUT2D eigenvalue weighted by Crippen LogP contribution is -2.10. The number of anilines is 1. The number of nitrogens with one attached hydrogen (secondary N) is 1. The summed E-state index contributed by atoms with van der Waals surface area (Å²) >= 11 is 6.03. The Morgan fingerprint density at radius 1 is 1.35 bits per heavy atom. The fourth-order valence-corrected chi connectivity index (χ4v) is 2.22. The summed E-state index contributed by atoms with van der Waals surface area (Å²) in [6.45, 7) is 0.266. The lowest BCUT2D eigenvalue weighted by Gasteiger charge is -2.08. The molecule has 3 N–H and O–H groups in total. The number of hydrogen-bond acceptors (Lipinski definition) is 5. The van der Waals surface area contributed by atoms with Crippen LogP contribution in [0.2, 0.25) is 5.02 Å². The van der Waals surface area contributed by atoms with Crippen molar-refractivity contribution < 1.29 is 17.6 Å². The number of benzene rings is 1. The summed E-state index contributed by atoms with van der Waals surface area (Å²) in [5, 5.41) is 8.23. The van der Waals surface area contributed by atoms with E-state index < -0.39 is 10.0 Å². The predicted molar refractivity (Wildman–Crippen MR) is 75.4 cm³/mol. The molecule has 0 aliphatic carbocycles. The molecule has 0 atom stereocenters. The summed E-state index contributed by atoms with van der Waals surface area (Å²) < 4.78 is 32.4. The fourth-order valence-electron chi connectivity index (χ4n) is 1.56. The van der Waals surface area contributed by atoms with Gasteiger partial charge < -0.3 is 14.5 Å². The SMILES string of the molecule is COc1ccc(Cl)c(NCc2ccc(S(N)(=O)=O)o2)c1. The van der Waals surface area contributed by atoms with E-state index in [4.69, 9.17) is 25.9 Å². The molecule has 0 aliphatic heterocycles. The third-order valence-electron chi connectivity index (χ3n) is 2.54. The second-order valence-corrected chi connectivity index (χ2v) is 5.86. The zero-order chi connectivity index (χ0) is 14.8. The topological polar surface area (TPSA) is 94.6 Å². The first kappa shape index (κ1) is 14.7. The van der Waals surface area contributed by atoms with Crippen LogP contribution in [-0.4, -0.2) is 15.5 Å². The molecule has 0 spiro atoms. The molecule has 0 saturated heterocycles. The third kappa shape index (κ3) is 3.44. The van der Waals surface area contributed by atoms with Gasteiger partial charge >= 0.3 is 0 Å². The van der Waals surface area contributed by atoms with Gasteiger partial charge in [-0.25, -0.2) is 13.6 Å². The molecule has 108 valence electrons. The van der Waals surface area contributed by atoms with Crippen LogP contribution in [0.15, 0.2) is 39.8 Å². The van der Waals surface area contributed by atoms with E-state index >= 15 is 0 Å². The Bertz CT molecular complexity index is 712.